The average molecular weight is 439 g/mol. The number of carboxylic acids is 1. The molecule has 1 unspecified atom stereocenters. The van der Waals surface area contributed by atoms with Crippen LogP contribution in [0.5, 0.6) is 5.75 Å². The molecule has 0 bridgehead atoms. The van der Waals surface area contributed by atoms with Crippen LogP contribution in [0.1, 0.15) is 39.6 Å². The molecule has 1 amide bonds. The first-order valence-corrected chi connectivity index (χ1v) is 10.1. The zero-order chi connectivity index (χ0) is 22.5. The van der Waals surface area contributed by atoms with Crippen LogP contribution in [-0.2, 0) is 4.79 Å². The van der Waals surface area contributed by atoms with Gasteiger partial charge in [0, 0.05) is 10.6 Å². The summed E-state index contributed by atoms with van der Waals surface area (Å²) in [6, 6.07) is 15.2. The number of aromatic nitrogens is 1. The first-order valence-electron chi connectivity index (χ1n) is 9.70. The highest BCUT2D eigenvalue weighted by Gasteiger charge is 2.22. The van der Waals surface area contributed by atoms with E-state index >= 15 is 0 Å². The van der Waals surface area contributed by atoms with Crippen molar-refractivity contribution in [2.45, 2.75) is 26.3 Å². The number of benzene rings is 2. The number of nitrogens with one attached hydrogen (secondary N) is 1. The fourth-order valence-corrected chi connectivity index (χ4v) is 3.68. The number of rotatable bonds is 7. The molecule has 3 rings (SSSR count). The Morgan fingerprint density at radius 2 is 1.87 bits per heavy atom. The van der Waals surface area contributed by atoms with Crippen molar-refractivity contribution in [3.8, 4) is 17.0 Å². The fourth-order valence-electron chi connectivity index (χ4n) is 3.41. The molecule has 3 aromatic rings. The molecule has 0 aliphatic rings. The SMILES string of the molecule is COc1ccc(C(=O)NC(CC(=O)O)c2ccccc2Cl)nc1-c1ccc(C)cc1C. The summed E-state index contributed by atoms with van der Waals surface area (Å²) in [5.41, 5.74) is 4.19. The predicted molar refractivity (Wildman–Crippen MR) is 120 cm³/mol. The van der Waals surface area contributed by atoms with Gasteiger partial charge < -0.3 is 15.2 Å². The third kappa shape index (κ3) is 5.22. The van der Waals surface area contributed by atoms with Gasteiger partial charge in [-0.15, -0.1) is 0 Å². The monoisotopic (exact) mass is 438 g/mol. The van der Waals surface area contributed by atoms with Gasteiger partial charge in [-0.05, 0) is 43.2 Å². The van der Waals surface area contributed by atoms with Gasteiger partial charge in [0.05, 0.1) is 19.6 Å². The van der Waals surface area contributed by atoms with Gasteiger partial charge in [0.15, 0.2) is 0 Å². The summed E-state index contributed by atoms with van der Waals surface area (Å²) in [5.74, 6) is -1.01. The van der Waals surface area contributed by atoms with Gasteiger partial charge in [-0.2, -0.15) is 0 Å². The van der Waals surface area contributed by atoms with Crippen LogP contribution in [0.15, 0.2) is 54.6 Å². The normalized spacial score (nSPS) is 11.6. The molecule has 7 heteroatoms. The number of carbonyl (C=O) groups excluding carboxylic acids is 1. The van der Waals surface area contributed by atoms with E-state index in [2.05, 4.69) is 10.3 Å². The summed E-state index contributed by atoms with van der Waals surface area (Å²) < 4.78 is 5.45. The molecule has 1 heterocycles. The van der Waals surface area contributed by atoms with E-state index in [1.165, 1.54) is 0 Å². The first-order chi connectivity index (χ1) is 14.8. The van der Waals surface area contributed by atoms with E-state index in [1.807, 2.05) is 32.0 Å². The summed E-state index contributed by atoms with van der Waals surface area (Å²) in [6.45, 7) is 3.97. The Morgan fingerprint density at radius 1 is 1.13 bits per heavy atom. The standard InChI is InChI=1S/C24H23ClN2O4/c1-14-8-9-16(15(2)12-14)23-21(31-3)11-10-19(26-23)24(30)27-20(13-22(28)29)17-6-4-5-7-18(17)25/h4-12,20H,13H2,1-3H3,(H,27,30)(H,28,29). The number of aliphatic carboxylic acids is 1. The zero-order valence-corrected chi connectivity index (χ0v) is 18.2. The summed E-state index contributed by atoms with van der Waals surface area (Å²) in [7, 11) is 1.55. The summed E-state index contributed by atoms with van der Waals surface area (Å²) >= 11 is 6.23. The molecule has 31 heavy (non-hydrogen) atoms. The molecule has 0 fully saturated rings. The highest BCUT2D eigenvalue weighted by Crippen LogP contribution is 2.31. The number of hydrogen-bond acceptors (Lipinski definition) is 4. The van der Waals surface area contributed by atoms with E-state index in [9.17, 15) is 14.7 Å². The molecule has 2 N–H and O–H groups in total. The Balaban J connectivity index is 1.97. The lowest BCUT2D eigenvalue weighted by atomic mass is 10.0. The van der Waals surface area contributed by atoms with Crippen LogP contribution in [0.25, 0.3) is 11.3 Å². The van der Waals surface area contributed by atoms with Crippen molar-refractivity contribution in [1.29, 1.82) is 0 Å². The van der Waals surface area contributed by atoms with Gasteiger partial charge in [0.2, 0.25) is 0 Å². The summed E-state index contributed by atoms with van der Waals surface area (Å²) in [4.78, 5) is 28.9. The van der Waals surface area contributed by atoms with E-state index < -0.39 is 17.9 Å². The number of methoxy groups -OCH3 is 1. The smallest absolute Gasteiger partial charge is 0.305 e. The van der Waals surface area contributed by atoms with Crippen molar-refractivity contribution in [1.82, 2.24) is 10.3 Å². The Bertz CT molecular complexity index is 1130. The zero-order valence-electron chi connectivity index (χ0n) is 17.5. The van der Waals surface area contributed by atoms with Crippen LogP contribution in [0.3, 0.4) is 0 Å². The topological polar surface area (TPSA) is 88.5 Å². The van der Waals surface area contributed by atoms with Gasteiger partial charge in [-0.3, -0.25) is 9.59 Å². The number of amides is 1. The quantitative estimate of drug-likeness (QED) is 0.543. The third-order valence-electron chi connectivity index (χ3n) is 4.91. The van der Waals surface area contributed by atoms with Crippen LogP contribution >= 0.6 is 11.6 Å². The van der Waals surface area contributed by atoms with Crippen molar-refractivity contribution in [2.75, 3.05) is 7.11 Å². The molecule has 0 spiro atoms. The number of aryl methyl sites for hydroxylation is 2. The molecule has 1 atom stereocenters. The van der Waals surface area contributed by atoms with Gasteiger partial charge >= 0.3 is 5.97 Å². The average Bonchev–Trinajstić information content (AvgIpc) is 2.73. The lowest BCUT2D eigenvalue weighted by molar-refractivity contribution is -0.137. The van der Waals surface area contributed by atoms with Crippen molar-refractivity contribution in [2.24, 2.45) is 0 Å². The highest BCUT2D eigenvalue weighted by molar-refractivity contribution is 6.31. The number of carbonyl (C=O) groups is 2. The second kappa shape index (κ2) is 9.62. The summed E-state index contributed by atoms with van der Waals surface area (Å²) in [5, 5.41) is 12.4. The maximum atomic E-state index is 13.0. The molecule has 0 saturated carbocycles. The maximum absolute atomic E-state index is 13.0. The van der Waals surface area contributed by atoms with E-state index in [0.717, 1.165) is 16.7 Å². The Morgan fingerprint density at radius 3 is 2.52 bits per heavy atom. The molecule has 1 aromatic heterocycles. The van der Waals surface area contributed by atoms with Gasteiger partial charge in [0.25, 0.3) is 5.91 Å². The number of pyridine rings is 1. The minimum Gasteiger partial charge on any atom is -0.494 e. The molecular weight excluding hydrogens is 416 g/mol. The van der Waals surface area contributed by atoms with Crippen LogP contribution < -0.4 is 10.1 Å². The molecule has 0 aliphatic heterocycles. The van der Waals surface area contributed by atoms with Crippen molar-refractivity contribution in [3.05, 3.63) is 82.0 Å². The second-order valence-corrected chi connectivity index (χ2v) is 7.62. The van der Waals surface area contributed by atoms with E-state index in [4.69, 9.17) is 16.3 Å². The Labute approximate surface area is 185 Å². The second-order valence-electron chi connectivity index (χ2n) is 7.21. The van der Waals surface area contributed by atoms with Crippen LogP contribution in [0.4, 0.5) is 0 Å². The maximum Gasteiger partial charge on any atom is 0.305 e. The van der Waals surface area contributed by atoms with Gasteiger partial charge in [-0.25, -0.2) is 4.98 Å². The largest absolute Gasteiger partial charge is 0.494 e. The minimum atomic E-state index is -1.05. The first kappa shape index (κ1) is 22.3. The molecule has 160 valence electrons. The van der Waals surface area contributed by atoms with Gasteiger partial charge in [0.1, 0.15) is 17.1 Å². The Kier molecular flexibility index (Phi) is 6.92. The lowest BCUT2D eigenvalue weighted by Gasteiger charge is -2.19. The number of hydrogen-bond donors (Lipinski definition) is 2. The van der Waals surface area contributed by atoms with E-state index in [0.29, 0.717) is 22.0 Å². The molecular formula is C24H23ClN2O4. The minimum absolute atomic E-state index is 0.151. The van der Waals surface area contributed by atoms with Crippen molar-refractivity contribution < 1.29 is 19.4 Å². The molecule has 0 saturated heterocycles. The van der Waals surface area contributed by atoms with E-state index in [-0.39, 0.29) is 12.1 Å². The summed E-state index contributed by atoms with van der Waals surface area (Å²) in [6.07, 6.45) is -0.310. The molecule has 2 aromatic carbocycles. The molecule has 6 nitrogen and oxygen atoms in total. The number of carboxylic acid groups (broad SMARTS) is 1. The predicted octanol–water partition coefficient (Wildman–Crippen LogP) is 4.97. The van der Waals surface area contributed by atoms with Gasteiger partial charge in [-0.1, -0.05) is 53.6 Å². The fraction of sp³-hybridized carbons (Fsp3) is 0.208. The third-order valence-corrected chi connectivity index (χ3v) is 5.26. The number of halogens is 1. The lowest BCUT2D eigenvalue weighted by Crippen LogP contribution is -2.31. The Hall–Kier alpha value is -3.38. The number of ether oxygens (including phenoxy) is 1. The van der Waals surface area contributed by atoms with E-state index in [1.54, 1.807) is 43.5 Å². The molecule has 0 radical (unpaired) electrons. The van der Waals surface area contributed by atoms with Crippen LogP contribution in [-0.4, -0.2) is 29.1 Å². The number of nitrogens with zero attached hydrogens (tertiary/aromatic N) is 1. The van der Waals surface area contributed by atoms with Crippen molar-refractivity contribution in [3.63, 3.8) is 0 Å². The highest BCUT2D eigenvalue weighted by atomic mass is 35.5. The van der Waals surface area contributed by atoms with Crippen LogP contribution in [0, 0.1) is 13.8 Å². The van der Waals surface area contributed by atoms with Crippen molar-refractivity contribution >= 4 is 23.5 Å². The molecule has 0 aliphatic carbocycles. The van der Waals surface area contributed by atoms with Crippen LogP contribution in [0.2, 0.25) is 5.02 Å².